The molecule has 15 heteroatoms. The van der Waals surface area contributed by atoms with Gasteiger partial charge in [0.15, 0.2) is 11.5 Å². The molecule has 0 bridgehead atoms. The van der Waals surface area contributed by atoms with E-state index in [1.165, 1.54) is 0 Å². The molecule has 0 aliphatic carbocycles. The molecular weight excluding hydrogens is 790 g/mol. The fourth-order valence-electron chi connectivity index (χ4n) is 4.92. The van der Waals surface area contributed by atoms with Crippen molar-refractivity contribution in [1.29, 1.82) is 0 Å². The number of hydrogen-bond acceptors (Lipinski definition) is 13. The Morgan fingerprint density at radius 3 is 1.54 bits per heavy atom. The maximum atomic E-state index is 13.4. The van der Waals surface area contributed by atoms with E-state index < -0.39 is 17.0 Å². The lowest BCUT2D eigenvalue weighted by molar-refractivity contribution is -0.140. The maximum absolute atomic E-state index is 13.4. The number of amides is 1. The van der Waals surface area contributed by atoms with E-state index in [0.717, 1.165) is 19.3 Å². The van der Waals surface area contributed by atoms with Gasteiger partial charge in [0.1, 0.15) is 13.2 Å². The summed E-state index contributed by atoms with van der Waals surface area (Å²) in [6, 6.07) is 3.29. The highest BCUT2D eigenvalue weighted by molar-refractivity contribution is 5.95. The Labute approximate surface area is 365 Å². The zero-order valence-corrected chi connectivity index (χ0v) is 37.8. The third kappa shape index (κ3) is 30.9. The van der Waals surface area contributed by atoms with E-state index in [9.17, 15) is 9.59 Å². The number of aliphatic carboxylic acids is 1. The highest BCUT2D eigenvalue weighted by atomic mass is 16.6. The van der Waals surface area contributed by atoms with Crippen molar-refractivity contribution in [3.63, 3.8) is 0 Å². The molecule has 0 unspecified atom stereocenters. The van der Waals surface area contributed by atoms with Crippen LogP contribution in [0.2, 0.25) is 0 Å². The molecule has 15 nitrogen and oxygen atoms in total. The Morgan fingerprint density at radius 2 is 1.10 bits per heavy atom. The molecule has 0 saturated carbocycles. The summed E-state index contributed by atoms with van der Waals surface area (Å²) >= 11 is 0. The number of carbonyl (C=O) groups excluding carboxylic acids is 1. The maximum Gasteiger partial charge on any atom is 0.305 e. The van der Waals surface area contributed by atoms with Gasteiger partial charge in [-0.2, -0.15) is 0 Å². The molecule has 0 fully saturated rings. The average Bonchev–Trinajstić information content (AvgIpc) is 3.21. The van der Waals surface area contributed by atoms with Gasteiger partial charge in [-0.15, -0.1) is 24.7 Å². The first-order valence-electron chi connectivity index (χ1n) is 21.4. The lowest BCUT2D eigenvalue weighted by Gasteiger charge is -2.32. The number of benzene rings is 1. The van der Waals surface area contributed by atoms with Gasteiger partial charge in [-0.1, -0.05) is 27.7 Å². The van der Waals surface area contributed by atoms with Gasteiger partial charge in [0.2, 0.25) is 5.75 Å². The molecule has 1 aromatic carbocycles. The quantitative estimate of drug-likeness (QED) is 0.0595. The first-order chi connectivity index (χ1) is 29.3. The molecule has 0 heterocycles. The first-order valence-corrected chi connectivity index (χ1v) is 21.4. The predicted molar refractivity (Wildman–Crippen MR) is 233 cm³/mol. The van der Waals surface area contributed by atoms with Crippen LogP contribution < -0.4 is 19.5 Å². The molecule has 348 valence electrons. The van der Waals surface area contributed by atoms with Crippen molar-refractivity contribution < 1.29 is 66.8 Å². The minimum atomic E-state index is -0.922. The summed E-state index contributed by atoms with van der Waals surface area (Å²) in [5.74, 6) is 5.35. The van der Waals surface area contributed by atoms with Crippen LogP contribution in [0.25, 0.3) is 0 Å². The average molecular weight is 866 g/mol. The van der Waals surface area contributed by atoms with Gasteiger partial charge in [0.05, 0.1) is 105 Å². The van der Waals surface area contributed by atoms with Gasteiger partial charge in [0.25, 0.3) is 5.91 Å². The number of carboxylic acids is 1. The monoisotopic (exact) mass is 866 g/mol. The van der Waals surface area contributed by atoms with Crippen LogP contribution in [0.1, 0.15) is 90.4 Å². The minimum absolute atomic E-state index is 0.0839. The van der Waals surface area contributed by atoms with Crippen LogP contribution in [0.4, 0.5) is 0 Å². The molecule has 1 aromatic rings. The number of hydrogen-bond donors (Lipinski definition) is 2. The summed E-state index contributed by atoms with van der Waals surface area (Å²) in [7, 11) is 0. The summed E-state index contributed by atoms with van der Waals surface area (Å²) in [6.07, 6.45) is 14.3. The summed E-state index contributed by atoms with van der Waals surface area (Å²) in [5.41, 5.74) is -0.837. The molecule has 61 heavy (non-hydrogen) atoms. The normalized spacial score (nSPS) is 11.6. The number of carbonyl (C=O) groups is 2. The van der Waals surface area contributed by atoms with Gasteiger partial charge in [-0.05, 0) is 51.2 Å². The van der Waals surface area contributed by atoms with Crippen molar-refractivity contribution in [2.75, 3.05) is 125 Å². The van der Waals surface area contributed by atoms with Gasteiger partial charge >= 0.3 is 5.97 Å². The van der Waals surface area contributed by atoms with Gasteiger partial charge < -0.3 is 62.5 Å². The first kappa shape index (κ1) is 55.4. The second kappa shape index (κ2) is 34.9. The molecule has 2 N–H and O–H groups in total. The summed E-state index contributed by atoms with van der Waals surface area (Å²) < 4.78 is 64.4. The summed E-state index contributed by atoms with van der Waals surface area (Å²) in [4.78, 5) is 24.3. The van der Waals surface area contributed by atoms with Crippen molar-refractivity contribution in [3.05, 3.63) is 17.7 Å². The van der Waals surface area contributed by atoms with Crippen molar-refractivity contribution >= 4 is 11.9 Å². The number of terminal acetylenes is 2. The van der Waals surface area contributed by atoms with Crippen LogP contribution in [0, 0.1) is 36.0 Å². The van der Waals surface area contributed by atoms with Crippen LogP contribution in [0.5, 0.6) is 17.2 Å². The van der Waals surface area contributed by atoms with Crippen molar-refractivity contribution in [2.45, 2.75) is 85.7 Å². The van der Waals surface area contributed by atoms with Crippen LogP contribution in [0.3, 0.4) is 0 Å². The fraction of sp³-hybridized carbons (Fsp3) is 0.739. The van der Waals surface area contributed by atoms with Gasteiger partial charge in [0, 0.05) is 43.6 Å². The van der Waals surface area contributed by atoms with E-state index in [4.69, 9.17) is 70.1 Å². The number of rotatable bonds is 41. The molecule has 0 radical (unpaired) electrons. The Balaban J connectivity index is 3.02. The molecule has 0 atom stereocenters. The third-order valence-corrected chi connectivity index (χ3v) is 8.34. The Bertz CT molecular complexity index is 1330. The zero-order chi connectivity index (χ0) is 45.0. The molecule has 0 saturated heterocycles. The van der Waals surface area contributed by atoms with Crippen LogP contribution >= 0.6 is 0 Å². The molecule has 0 aliphatic rings. The topological polar surface area (TPSA) is 168 Å². The van der Waals surface area contributed by atoms with E-state index in [-0.39, 0.29) is 58.6 Å². The smallest absolute Gasteiger partial charge is 0.305 e. The lowest BCUT2D eigenvalue weighted by Crippen LogP contribution is -2.37. The van der Waals surface area contributed by atoms with E-state index in [0.29, 0.717) is 121 Å². The molecule has 1 rings (SSSR count). The van der Waals surface area contributed by atoms with E-state index in [2.05, 4.69) is 31.0 Å². The van der Waals surface area contributed by atoms with Gasteiger partial charge in [-0.3, -0.25) is 9.59 Å². The van der Waals surface area contributed by atoms with Crippen LogP contribution in [0.15, 0.2) is 12.1 Å². The highest BCUT2D eigenvalue weighted by Crippen LogP contribution is 2.40. The molecule has 1 amide bonds. The predicted octanol–water partition coefficient (Wildman–Crippen LogP) is 5.84. The number of ether oxygens (including phenoxy) is 11. The van der Waals surface area contributed by atoms with Crippen LogP contribution in [-0.4, -0.2) is 148 Å². The second-order valence-electron chi connectivity index (χ2n) is 15.9. The van der Waals surface area contributed by atoms with Crippen molar-refractivity contribution in [3.8, 4) is 41.9 Å². The standard InChI is InChI=1S/C46H75NO14/c1-9-11-13-18-51-21-23-53-25-27-55-29-31-58-40-33-39(44(50)47-17-15-38(3)4)34-41(59-32-30-56-28-26-54-24-22-52-19-14-12-10-2)43(40)60-35-45(5,6)36-61-46(7,8)37-57-20-16-42(48)49/h1-2,33-34,38H,11-32,35-37H2,3-8H3,(H,47,50)(H,48,49). The zero-order valence-electron chi connectivity index (χ0n) is 37.8. The Kier molecular flexibility index (Phi) is 31.7. The number of carboxylic acid groups (broad SMARTS) is 1. The third-order valence-electron chi connectivity index (χ3n) is 8.34. The summed E-state index contributed by atoms with van der Waals surface area (Å²) in [5, 5.41) is 11.9. The van der Waals surface area contributed by atoms with E-state index in [1.54, 1.807) is 12.1 Å². The Hall–Kier alpha value is -3.64. The van der Waals surface area contributed by atoms with Gasteiger partial charge in [-0.25, -0.2) is 0 Å². The molecule has 0 aromatic heterocycles. The molecule has 0 aliphatic heterocycles. The SMILES string of the molecule is C#CCCCOCCOCCOCCOc1cc(C(=O)NCCC(C)C)cc(OCCOCCOCCOCCCC#C)c1OCC(C)(C)COC(C)(C)COCCC(=O)O. The van der Waals surface area contributed by atoms with Crippen LogP contribution in [-0.2, 0) is 42.7 Å². The van der Waals surface area contributed by atoms with Crippen molar-refractivity contribution in [1.82, 2.24) is 5.32 Å². The van der Waals surface area contributed by atoms with E-state index >= 15 is 0 Å². The lowest BCUT2D eigenvalue weighted by atomic mass is 9.95. The molecule has 0 spiro atoms. The second-order valence-corrected chi connectivity index (χ2v) is 15.9. The van der Waals surface area contributed by atoms with Crippen molar-refractivity contribution in [2.24, 2.45) is 11.3 Å². The fourth-order valence-corrected chi connectivity index (χ4v) is 4.92. The summed E-state index contributed by atoms with van der Waals surface area (Å²) in [6.45, 7) is 18.7. The number of unbranched alkanes of at least 4 members (excludes halogenated alkanes) is 2. The largest absolute Gasteiger partial charge is 0.487 e. The van der Waals surface area contributed by atoms with E-state index in [1.807, 2.05) is 27.7 Å². The molecular formula is C46H75NO14. The highest BCUT2D eigenvalue weighted by Gasteiger charge is 2.28. The minimum Gasteiger partial charge on any atom is -0.487 e. The Morgan fingerprint density at radius 1 is 0.639 bits per heavy atom. The number of nitrogens with one attached hydrogen (secondary N) is 1.